The SMILES string of the molecule is CC(=O)NCC1CCN(Cc2cc(Oc3cnc(N4CCN(CC(C)C(=O)O)CC4)nc3)nc(-c3cc(Cl)cc(Cl)c3)c2)CC1. The van der Waals surface area contributed by atoms with Gasteiger partial charge in [0.1, 0.15) is 0 Å². The van der Waals surface area contributed by atoms with Crippen LogP contribution in [0.4, 0.5) is 5.95 Å². The maximum Gasteiger partial charge on any atom is 0.307 e. The number of piperidine rings is 1. The minimum atomic E-state index is -0.778. The van der Waals surface area contributed by atoms with Crippen molar-refractivity contribution in [2.45, 2.75) is 33.2 Å². The molecule has 4 heterocycles. The standard InChI is InChI=1S/C32H39Cl2N7O4/c1-21(31(43)44)19-40-7-9-41(10-8-40)32-36-17-28(18-37-32)45-30-12-24(11-29(38-30)25-13-26(33)15-27(34)14-25)20-39-5-3-23(4-6-39)16-35-22(2)42/h11-15,17-18,21,23H,3-10,16,19-20H2,1-2H3,(H,35,42)(H,43,44). The van der Waals surface area contributed by atoms with Crippen LogP contribution in [-0.4, -0.2) is 94.1 Å². The van der Waals surface area contributed by atoms with Gasteiger partial charge >= 0.3 is 5.97 Å². The molecule has 5 rings (SSSR count). The number of nitrogens with one attached hydrogen (secondary N) is 1. The maximum absolute atomic E-state index is 11.3. The van der Waals surface area contributed by atoms with Crippen molar-refractivity contribution in [2.24, 2.45) is 11.8 Å². The van der Waals surface area contributed by atoms with Crippen molar-refractivity contribution in [3.8, 4) is 22.9 Å². The monoisotopic (exact) mass is 655 g/mol. The van der Waals surface area contributed by atoms with E-state index in [9.17, 15) is 14.7 Å². The van der Waals surface area contributed by atoms with Gasteiger partial charge in [0, 0.05) is 74.4 Å². The van der Waals surface area contributed by atoms with Crippen molar-refractivity contribution in [2.75, 3.05) is 57.3 Å². The summed E-state index contributed by atoms with van der Waals surface area (Å²) in [7, 11) is 0. The lowest BCUT2D eigenvalue weighted by atomic mass is 9.96. The fraction of sp³-hybridized carbons (Fsp3) is 0.469. The number of carboxylic acids is 1. The first-order valence-electron chi connectivity index (χ1n) is 15.3. The van der Waals surface area contributed by atoms with E-state index in [4.69, 9.17) is 32.9 Å². The van der Waals surface area contributed by atoms with Crippen molar-refractivity contribution in [1.29, 1.82) is 0 Å². The van der Waals surface area contributed by atoms with E-state index in [-0.39, 0.29) is 5.91 Å². The van der Waals surface area contributed by atoms with Crippen molar-refractivity contribution in [3.63, 3.8) is 0 Å². The lowest BCUT2D eigenvalue weighted by Gasteiger charge is -2.35. The molecule has 1 atom stereocenters. The van der Waals surface area contributed by atoms with E-state index < -0.39 is 11.9 Å². The summed E-state index contributed by atoms with van der Waals surface area (Å²) in [5.74, 6) is 0.797. The summed E-state index contributed by atoms with van der Waals surface area (Å²) in [6, 6.07) is 9.32. The van der Waals surface area contributed by atoms with E-state index in [0.717, 1.165) is 63.2 Å². The smallest absolute Gasteiger partial charge is 0.307 e. The van der Waals surface area contributed by atoms with E-state index in [1.807, 2.05) is 24.3 Å². The van der Waals surface area contributed by atoms with E-state index in [1.165, 1.54) is 0 Å². The summed E-state index contributed by atoms with van der Waals surface area (Å²) < 4.78 is 6.18. The fourth-order valence-electron chi connectivity index (χ4n) is 5.69. The molecule has 2 aliphatic rings. The van der Waals surface area contributed by atoms with E-state index in [2.05, 4.69) is 30.0 Å². The van der Waals surface area contributed by atoms with Gasteiger partial charge in [0.05, 0.1) is 24.0 Å². The fourth-order valence-corrected chi connectivity index (χ4v) is 6.22. The third-order valence-electron chi connectivity index (χ3n) is 8.22. The second-order valence-corrected chi connectivity index (χ2v) is 12.7. The molecule has 0 aliphatic carbocycles. The molecular formula is C32H39Cl2N7O4. The highest BCUT2D eigenvalue weighted by atomic mass is 35.5. The maximum atomic E-state index is 11.3. The molecule has 0 radical (unpaired) electrons. The Morgan fingerprint density at radius 3 is 2.27 bits per heavy atom. The number of hydrogen-bond acceptors (Lipinski definition) is 9. The number of aliphatic carboxylic acids is 1. The highest BCUT2D eigenvalue weighted by Gasteiger charge is 2.23. The number of piperazine rings is 1. The molecule has 2 fully saturated rings. The molecule has 0 saturated carbocycles. The Hall–Kier alpha value is -3.51. The minimum absolute atomic E-state index is 0.0120. The largest absolute Gasteiger partial charge is 0.481 e. The molecule has 13 heteroatoms. The molecule has 2 aromatic heterocycles. The highest BCUT2D eigenvalue weighted by Crippen LogP contribution is 2.31. The Balaban J connectivity index is 1.27. The Morgan fingerprint density at radius 1 is 0.978 bits per heavy atom. The summed E-state index contributed by atoms with van der Waals surface area (Å²) in [5, 5.41) is 13.2. The molecule has 0 bridgehead atoms. The van der Waals surface area contributed by atoms with Gasteiger partial charge in [0.2, 0.25) is 17.7 Å². The van der Waals surface area contributed by atoms with Crippen LogP contribution >= 0.6 is 23.2 Å². The zero-order valence-corrected chi connectivity index (χ0v) is 27.1. The predicted octanol–water partition coefficient (Wildman–Crippen LogP) is 4.83. The van der Waals surface area contributed by atoms with E-state index in [1.54, 1.807) is 32.3 Å². The number of benzene rings is 1. The zero-order chi connectivity index (χ0) is 31.9. The molecule has 45 heavy (non-hydrogen) atoms. The third-order valence-corrected chi connectivity index (χ3v) is 8.66. The Labute approximate surface area is 273 Å². The van der Waals surface area contributed by atoms with Gasteiger partial charge in [0.25, 0.3) is 0 Å². The third kappa shape index (κ3) is 9.49. The number of rotatable bonds is 11. The van der Waals surface area contributed by atoms with Gasteiger partial charge in [-0.25, -0.2) is 15.0 Å². The normalized spacial score (nSPS) is 17.2. The molecule has 1 aromatic carbocycles. The summed E-state index contributed by atoms with van der Waals surface area (Å²) in [6.45, 7) is 10.1. The van der Waals surface area contributed by atoms with Crippen LogP contribution in [0, 0.1) is 11.8 Å². The van der Waals surface area contributed by atoms with Crippen LogP contribution in [-0.2, 0) is 16.1 Å². The number of aromatic nitrogens is 3. The van der Waals surface area contributed by atoms with Crippen LogP contribution in [0.25, 0.3) is 11.3 Å². The quantitative estimate of drug-likeness (QED) is 0.297. The summed E-state index contributed by atoms with van der Waals surface area (Å²) in [5.41, 5.74) is 2.52. The molecule has 2 N–H and O–H groups in total. The number of carboxylic acid groups (broad SMARTS) is 1. The van der Waals surface area contributed by atoms with Gasteiger partial charge in [-0.15, -0.1) is 0 Å². The van der Waals surface area contributed by atoms with Crippen LogP contribution in [0.2, 0.25) is 10.0 Å². The Bertz CT molecular complexity index is 1460. The number of amides is 1. The lowest BCUT2D eigenvalue weighted by Crippen LogP contribution is -2.48. The van der Waals surface area contributed by atoms with E-state index >= 15 is 0 Å². The summed E-state index contributed by atoms with van der Waals surface area (Å²) in [4.78, 5) is 43.0. The van der Waals surface area contributed by atoms with Crippen LogP contribution in [0.5, 0.6) is 11.6 Å². The average molecular weight is 657 g/mol. The number of carbonyl (C=O) groups excluding carboxylic acids is 1. The van der Waals surface area contributed by atoms with Gasteiger partial charge in [0.15, 0.2) is 5.75 Å². The Morgan fingerprint density at radius 2 is 1.64 bits per heavy atom. The summed E-state index contributed by atoms with van der Waals surface area (Å²) in [6.07, 6.45) is 5.33. The number of ether oxygens (including phenoxy) is 1. The predicted molar refractivity (Wildman–Crippen MR) is 174 cm³/mol. The highest BCUT2D eigenvalue weighted by molar-refractivity contribution is 6.35. The molecule has 3 aromatic rings. The van der Waals surface area contributed by atoms with Crippen molar-refractivity contribution >= 4 is 41.0 Å². The molecule has 1 amide bonds. The lowest BCUT2D eigenvalue weighted by molar-refractivity contribution is -0.141. The first kappa shape index (κ1) is 32.9. The summed E-state index contributed by atoms with van der Waals surface area (Å²) >= 11 is 12.6. The Kier molecular flexibility index (Phi) is 11.1. The molecule has 2 saturated heterocycles. The van der Waals surface area contributed by atoms with Crippen LogP contribution < -0.4 is 15.0 Å². The molecule has 0 spiro atoms. The number of hydrogen-bond donors (Lipinski definition) is 2. The average Bonchev–Trinajstić information content (AvgIpc) is 3.01. The van der Waals surface area contributed by atoms with Gasteiger partial charge in [-0.2, -0.15) is 0 Å². The van der Waals surface area contributed by atoms with Crippen molar-refractivity contribution in [1.82, 2.24) is 30.1 Å². The van der Waals surface area contributed by atoms with Gasteiger partial charge in [-0.1, -0.05) is 30.1 Å². The van der Waals surface area contributed by atoms with Gasteiger partial charge in [-0.3, -0.25) is 19.4 Å². The topological polar surface area (TPSA) is 124 Å². The molecule has 11 nitrogen and oxygen atoms in total. The minimum Gasteiger partial charge on any atom is -0.481 e. The first-order valence-corrected chi connectivity index (χ1v) is 16.0. The number of nitrogens with zero attached hydrogens (tertiary/aromatic N) is 6. The number of anilines is 1. The molecule has 240 valence electrons. The van der Waals surface area contributed by atoms with Crippen LogP contribution in [0.3, 0.4) is 0 Å². The van der Waals surface area contributed by atoms with Crippen LogP contribution in [0.1, 0.15) is 32.3 Å². The zero-order valence-electron chi connectivity index (χ0n) is 25.6. The number of halogens is 2. The number of pyridine rings is 1. The molecule has 1 unspecified atom stereocenters. The van der Waals surface area contributed by atoms with Gasteiger partial charge in [-0.05, 0) is 61.7 Å². The van der Waals surface area contributed by atoms with Gasteiger partial charge < -0.3 is 20.1 Å². The number of carbonyl (C=O) groups is 2. The van der Waals surface area contributed by atoms with Crippen LogP contribution in [0.15, 0.2) is 42.7 Å². The van der Waals surface area contributed by atoms with Crippen molar-refractivity contribution in [3.05, 3.63) is 58.3 Å². The second kappa shape index (κ2) is 15.2. The molecule has 2 aliphatic heterocycles. The molecular weight excluding hydrogens is 617 g/mol. The second-order valence-electron chi connectivity index (χ2n) is 11.9. The van der Waals surface area contributed by atoms with E-state index in [0.29, 0.717) is 58.9 Å². The van der Waals surface area contributed by atoms with Crippen molar-refractivity contribution < 1.29 is 19.4 Å². The number of likely N-dealkylation sites (tertiary alicyclic amines) is 1. The first-order chi connectivity index (χ1) is 21.6.